The molecule has 0 heteroatoms. The summed E-state index contributed by atoms with van der Waals surface area (Å²) in [6, 6.07) is 1.26. The fraction of sp³-hybridized carbons (Fsp3) is 0.750. The molecular weight excluding hydrogens is 96.1 g/mol. The molecule has 0 radical (unpaired) electrons. The molecule has 0 N–H and O–H groups in total. The highest BCUT2D eigenvalue weighted by Gasteiger charge is 2.25. The highest BCUT2D eigenvalue weighted by Crippen LogP contribution is 2.38. The van der Waals surface area contributed by atoms with Crippen LogP contribution in [0.3, 0.4) is 0 Å². The molecule has 0 aliphatic heterocycles. The van der Waals surface area contributed by atoms with E-state index in [0.717, 1.165) is 0 Å². The van der Waals surface area contributed by atoms with Crippen molar-refractivity contribution in [1.82, 2.24) is 0 Å². The SMILES string of the molecule is [2H]C1=C([2H])C2CCCCC12. The molecule has 2 aliphatic rings. The highest BCUT2D eigenvalue weighted by molar-refractivity contribution is 5.09. The van der Waals surface area contributed by atoms with E-state index in [2.05, 4.69) is 0 Å². The Balaban J connectivity index is 2.16. The minimum Gasteiger partial charge on any atom is -0.0845 e. The maximum Gasteiger partial charge on any atom is 0.0576 e. The van der Waals surface area contributed by atoms with Crippen molar-refractivity contribution in [2.24, 2.45) is 11.8 Å². The van der Waals surface area contributed by atoms with Gasteiger partial charge >= 0.3 is 0 Å². The van der Waals surface area contributed by atoms with Crippen LogP contribution in [0, 0.1) is 11.8 Å². The van der Waals surface area contributed by atoms with Gasteiger partial charge in [0, 0.05) is 0 Å². The lowest BCUT2D eigenvalue weighted by atomic mass is 9.72. The second kappa shape index (κ2) is 1.61. The van der Waals surface area contributed by atoms with Crippen LogP contribution in [0.15, 0.2) is 12.1 Å². The maximum atomic E-state index is 7.44. The van der Waals surface area contributed by atoms with Crippen molar-refractivity contribution >= 4 is 0 Å². The maximum absolute atomic E-state index is 7.44. The van der Waals surface area contributed by atoms with Crippen molar-refractivity contribution in [1.29, 1.82) is 0 Å². The van der Waals surface area contributed by atoms with Gasteiger partial charge in [0.05, 0.1) is 2.74 Å². The number of allylic oxidation sites excluding steroid dienone is 2. The van der Waals surface area contributed by atoms with Crippen LogP contribution in [0.5, 0.6) is 0 Å². The summed E-state index contributed by atoms with van der Waals surface area (Å²) in [6.45, 7) is 0. The summed E-state index contributed by atoms with van der Waals surface area (Å²) < 4.78 is 14.9. The van der Waals surface area contributed by atoms with Gasteiger partial charge in [0.2, 0.25) is 0 Å². The van der Waals surface area contributed by atoms with E-state index in [0.29, 0.717) is 23.9 Å². The molecule has 0 aromatic rings. The fourth-order valence-corrected chi connectivity index (χ4v) is 1.59. The van der Waals surface area contributed by atoms with Gasteiger partial charge in [-0.05, 0) is 24.7 Å². The lowest BCUT2D eigenvalue weighted by Crippen LogP contribution is -2.21. The Morgan fingerprint density at radius 1 is 1.12 bits per heavy atom. The Labute approximate surface area is 53.4 Å². The van der Waals surface area contributed by atoms with Crippen LogP contribution in [-0.4, -0.2) is 0 Å². The smallest absolute Gasteiger partial charge is 0.0576 e. The zero-order valence-corrected chi connectivity index (χ0v) is 4.98. The summed E-state index contributed by atoms with van der Waals surface area (Å²) in [5, 5.41) is 0. The Morgan fingerprint density at radius 2 is 1.62 bits per heavy atom. The van der Waals surface area contributed by atoms with Gasteiger partial charge in [-0.2, -0.15) is 0 Å². The molecule has 1 saturated carbocycles. The van der Waals surface area contributed by atoms with Gasteiger partial charge in [-0.25, -0.2) is 0 Å². The quantitative estimate of drug-likeness (QED) is 0.420. The molecule has 8 heavy (non-hydrogen) atoms. The van der Waals surface area contributed by atoms with Gasteiger partial charge in [-0.1, -0.05) is 24.9 Å². The summed E-state index contributed by atoms with van der Waals surface area (Å²) in [6.07, 6.45) is 4.89. The van der Waals surface area contributed by atoms with Crippen molar-refractivity contribution in [3.63, 3.8) is 0 Å². The van der Waals surface area contributed by atoms with E-state index in [1.165, 1.54) is 25.7 Å². The summed E-state index contributed by atoms with van der Waals surface area (Å²) in [5.41, 5.74) is 0. The first-order chi connectivity index (χ1) is 4.80. The molecule has 0 nitrogen and oxygen atoms in total. The number of hydrogen-bond acceptors (Lipinski definition) is 0. The van der Waals surface area contributed by atoms with Gasteiger partial charge in [0.1, 0.15) is 0 Å². The zero-order chi connectivity index (χ0) is 7.14. The molecule has 44 valence electrons. The fourth-order valence-electron chi connectivity index (χ4n) is 1.59. The molecule has 0 saturated heterocycles. The van der Waals surface area contributed by atoms with Crippen LogP contribution in [0.4, 0.5) is 0 Å². The van der Waals surface area contributed by atoms with Crippen molar-refractivity contribution in [2.75, 3.05) is 0 Å². The van der Waals surface area contributed by atoms with Crippen molar-refractivity contribution in [3.8, 4) is 0 Å². The van der Waals surface area contributed by atoms with Crippen molar-refractivity contribution < 1.29 is 2.74 Å². The molecule has 0 heterocycles. The van der Waals surface area contributed by atoms with Crippen LogP contribution in [0.1, 0.15) is 28.4 Å². The normalized spacial score (nSPS) is 49.0. The number of fused-ring (bicyclic) bond motifs is 1. The topological polar surface area (TPSA) is 0 Å². The van der Waals surface area contributed by atoms with Crippen LogP contribution in [0.2, 0.25) is 0 Å². The standard InChI is InChI=1S/C8H12/c1-2-4-8-6-5-7(8)3-1/h5-8H,1-4H2/i5D,6D. The number of hydrogen-bond donors (Lipinski definition) is 0. The van der Waals surface area contributed by atoms with Crippen LogP contribution in [-0.2, 0) is 0 Å². The third-order valence-corrected chi connectivity index (χ3v) is 2.22. The molecule has 2 aliphatic carbocycles. The predicted molar refractivity (Wildman–Crippen MR) is 34.6 cm³/mol. The van der Waals surface area contributed by atoms with E-state index >= 15 is 0 Å². The monoisotopic (exact) mass is 110 g/mol. The van der Waals surface area contributed by atoms with Crippen LogP contribution in [0.25, 0.3) is 0 Å². The molecule has 1 fully saturated rings. The van der Waals surface area contributed by atoms with E-state index in [-0.39, 0.29) is 0 Å². The Kier molecular flexibility index (Phi) is 0.614. The second-order valence-corrected chi connectivity index (χ2v) is 2.79. The molecule has 0 spiro atoms. The predicted octanol–water partition coefficient (Wildman–Crippen LogP) is 2.36. The van der Waals surface area contributed by atoms with Gasteiger partial charge in [-0.3, -0.25) is 0 Å². The first-order valence-corrected chi connectivity index (χ1v) is 3.48. The summed E-state index contributed by atoms with van der Waals surface area (Å²) in [7, 11) is 0. The lowest BCUT2D eigenvalue weighted by Gasteiger charge is -2.33. The Hall–Kier alpha value is -0.260. The van der Waals surface area contributed by atoms with Gasteiger partial charge in [0.15, 0.2) is 0 Å². The molecule has 0 bridgehead atoms. The molecule has 2 unspecified atom stereocenters. The summed E-state index contributed by atoms with van der Waals surface area (Å²) >= 11 is 0. The molecular formula is C8H12. The molecule has 2 atom stereocenters. The average molecular weight is 110 g/mol. The third kappa shape index (κ3) is 0.521. The minimum absolute atomic E-state index is 0.487. The lowest BCUT2D eigenvalue weighted by molar-refractivity contribution is 0.304. The van der Waals surface area contributed by atoms with Gasteiger partial charge in [-0.15, -0.1) is 0 Å². The zero-order valence-electron chi connectivity index (χ0n) is 6.98. The highest BCUT2D eigenvalue weighted by atomic mass is 14.3. The largest absolute Gasteiger partial charge is 0.0845 e. The van der Waals surface area contributed by atoms with Gasteiger partial charge < -0.3 is 0 Å². The van der Waals surface area contributed by atoms with E-state index in [4.69, 9.17) is 2.74 Å². The third-order valence-electron chi connectivity index (χ3n) is 2.22. The van der Waals surface area contributed by atoms with E-state index in [1.54, 1.807) is 0 Å². The molecule has 0 aromatic carbocycles. The summed E-state index contributed by atoms with van der Waals surface area (Å²) in [5.74, 6) is 0.975. The van der Waals surface area contributed by atoms with Crippen molar-refractivity contribution in [3.05, 3.63) is 12.1 Å². The first-order valence-electron chi connectivity index (χ1n) is 4.48. The van der Waals surface area contributed by atoms with Crippen LogP contribution >= 0.6 is 0 Å². The second-order valence-electron chi connectivity index (χ2n) is 2.79. The summed E-state index contributed by atoms with van der Waals surface area (Å²) in [4.78, 5) is 0. The molecule has 0 aromatic heterocycles. The Morgan fingerprint density at radius 3 is 2.12 bits per heavy atom. The van der Waals surface area contributed by atoms with E-state index in [9.17, 15) is 0 Å². The molecule has 0 amide bonds. The van der Waals surface area contributed by atoms with Gasteiger partial charge in [0.25, 0.3) is 0 Å². The Bertz CT molecular complexity index is 164. The van der Waals surface area contributed by atoms with Crippen molar-refractivity contribution in [2.45, 2.75) is 25.7 Å². The van der Waals surface area contributed by atoms with E-state index in [1.807, 2.05) is 0 Å². The molecule has 2 rings (SSSR count). The van der Waals surface area contributed by atoms with Crippen LogP contribution < -0.4 is 0 Å². The van der Waals surface area contributed by atoms with E-state index < -0.39 is 0 Å². The number of rotatable bonds is 0. The minimum atomic E-state index is 0.487. The average Bonchev–Trinajstić information content (AvgIpc) is 2.03. The first kappa shape index (κ1) is 3.05.